The van der Waals surface area contributed by atoms with Crippen molar-refractivity contribution >= 4 is 17.8 Å². The van der Waals surface area contributed by atoms with Gasteiger partial charge in [-0.3, -0.25) is 15.0 Å². The van der Waals surface area contributed by atoms with Gasteiger partial charge in [-0.25, -0.2) is 15.6 Å². The number of imide groups is 1. The summed E-state index contributed by atoms with van der Waals surface area (Å²) in [6.45, 7) is 1.62. The van der Waals surface area contributed by atoms with E-state index in [1.165, 1.54) is 0 Å². The number of carbonyl (C=O) groups is 3. The van der Waals surface area contributed by atoms with Gasteiger partial charge in [-0.1, -0.05) is 60.7 Å². The van der Waals surface area contributed by atoms with Gasteiger partial charge in [0.2, 0.25) is 0 Å². The molecule has 8 heteroatoms. The second-order valence-electron chi connectivity index (χ2n) is 7.08. The van der Waals surface area contributed by atoms with Crippen LogP contribution in [0.25, 0.3) is 0 Å². The molecule has 2 heterocycles. The molecule has 0 radical (unpaired) electrons. The third-order valence-corrected chi connectivity index (χ3v) is 5.19. The van der Waals surface area contributed by atoms with Crippen molar-refractivity contribution in [2.75, 3.05) is 0 Å². The largest absolute Gasteiger partial charge is 0.344 e. The number of urea groups is 1. The summed E-state index contributed by atoms with van der Waals surface area (Å²) in [6.07, 6.45) is 0.495. The lowest BCUT2D eigenvalue weighted by Gasteiger charge is -2.22. The van der Waals surface area contributed by atoms with E-state index in [1.54, 1.807) is 31.2 Å². The summed E-state index contributed by atoms with van der Waals surface area (Å²) in [5.74, 6) is -0.977. The number of amides is 4. The standard InChI is InChI=1S/C20H21N5O3/c1-20(14-10-6-3-7-11-14)18(27)25(19(28)21-20)24-17(26)16-12-15(22-23-16)13-8-4-2-5-9-13/h2-11,15-16,22-23H,12H2,1H3,(H,21,28)(H,24,26). The van der Waals surface area contributed by atoms with E-state index in [9.17, 15) is 14.4 Å². The van der Waals surface area contributed by atoms with Crippen molar-refractivity contribution in [3.05, 3.63) is 71.8 Å². The molecule has 2 aromatic carbocycles. The quantitative estimate of drug-likeness (QED) is 0.596. The normalized spacial score (nSPS) is 27.0. The first kappa shape index (κ1) is 18.1. The Labute approximate surface area is 162 Å². The number of hydrogen-bond donors (Lipinski definition) is 4. The van der Waals surface area contributed by atoms with Crippen molar-refractivity contribution in [1.82, 2.24) is 26.6 Å². The van der Waals surface area contributed by atoms with Crippen LogP contribution < -0.4 is 21.6 Å². The number of nitrogens with one attached hydrogen (secondary N) is 4. The van der Waals surface area contributed by atoms with Crippen LogP contribution in [0.3, 0.4) is 0 Å². The highest BCUT2D eigenvalue weighted by Gasteiger charge is 2.50. The lowest BCUT2D eigenvalue weighted by molar-refractivity contribution is -0.139. The third kappa shape index (κ3) is 3.12. The zero-order chi connectivity index (χ0) is 19.7. The molecule has 0 aliphatic carbocycles. The average Bonchev–Trinajstić information content (AvgIpc) is 3.30. The van der Waals surface area contributed by atoms with Gasteiger partial charge in [0.15, 0.2) is 0 Å². The van der Waals surface area contributed by atoms with Crippen molar-refractivity contribution < 1.29 is 14.4 Å². The van der Waals surface area contributed by atoms with Crippen molar-refractivity contribution in [2.24, 2.45) is 0 Å². The highest BCUT2D eigenvalue weighted by molar-refractivity contribution is 6.08. The Bertz CT molecular complexity index is 905. The summed E-state index contributed by atoms with van der Waals surface area (Å²) < 4.78 is 0. The Morgan fingerprint density at radius 1 is 1.04 bits per heavy atom. The lowest BCUT2D eigenvalue weighted by atomic mass is 9.92. The zero-order valence-electron chi connectivity index (χ0n) is 15.3. The number of nitrogens with zero attached hydrogens (tertiary/aromatic N) is 1. The van der Waals surface area contributed by atoms with Crippen LogP contribution >= 0.6 is 0 Å². The van der Waals surface area contributed by atoms with E-state index in [4.69, 9.17) is 0 Å². The third-order valence-electron chi connectivity index (χ3n) is 5.19. The molecule has 3 atom stereocenters. The summed E-state index contributed by atoms with van der Waals surface area (Å²) in [6, 6.07) is 17.4. The molecule has 0 bridgehead atoms. The molecule has 2 aliphatic rings. The Kier molecular flexibility index (Phi) is 4.58. The summed E-state index contributed by atoms with van der Waals surface area (Å²) in [7, 11) is 0. The van der Waals surface area contributed by atoms with Gasteiger partial charge < -0.3 is 5.32 Å². The Hall–Kier alpha value is -3.23. The molecule has 28 heavy (non-hydrogen) atoms. The van der Waals surface area contributed by atoms with Gasteiger partial charge in [-0.2, -0.15) is 5.01 Å². The summed E-state index contributed by atoms with van der Waals surface area (Å²) in [5, 5.41) is 3.42. The van der Waals surface area contributed by atoms with E-state index < -0.39 is 29.4 Å². The molecule has 2 fully saturated rings. The van der Waals surface area contributed by atoms with Crippen molar-refractivity contribution in [3.8, 4) is 0 Å². The maximum absolute atomic E-state index is 12.9. The van der Waals surface area contributed by atoms with E-state index in [-0.39, 0.29) is 6.04 Å². The van der Waals surface area contributed by atoms with Gasteiger partial charge in [0.1, 0.15) is 11.6 Å². The molecule has 2 aliphatic heterocycles. The molecule has 0 aromatic heterocycles. The predicted octanol–water partition coefficient (Wildman–Crippen LogP) is 1.09. The van der Waals surface area contributed by atoms with Gasteiger partial charge in [-0.15, -0.1) is 0 Å². The summed E-state index contributed by atoms with van der Waals surface area (Å²) >= 11 is 0. The highest BCUT2D eigenvalue weighted by Crippen LogP contribution is 2.28. The molecule has 0 spiro atoms. The van der Waals surface area contributed by atoms with Gasteiger partial charge in [0, 0.05) is 6.04 Å². The molecule has 4 N–H and O–H groups in total. The monoisotopic (exact) mass is 379 g/mol. The molecule has 4 amide bonds. The van der Waals surface area contributed by atoms with Crippen LogP contribution in [0.1, 0.15) is 30.5 Å². The van der Waals surface area contributed by atoms with Crippen molar-refractivity contribution in [2.45, 2.75) is 31.0 Å². The van der Waals surface area contributed by atoms with Gasteiger partial charge in [0.25, 0.3) is 11.8 Å². The molecule has 2 aromatic rings. The van der Waals surface area contributed by atoms with Gasteiger partial charge >= 0.3 is 6.03 Å². The molecular weight excluding hydrogens is 358 g/mol. The van der Waals surface area contributed by atoms with Crippen LogP contribution in [0.4, 0.5) is 4.79 Å². The van der Waals surface area contributed by atoms with E-state index in [0.29, 0.717) is 12.0 Å². The first-order valence-corrected chi connectivity index (χ1v) is 9.08. The lowest BCUT2D eigenvalue weighted by Crippen LogP contribution is -2.53. The molecule has 2 saturated heterocycles. The van der Waals surface area contributed by atoms with Crippen LogP contribution in [-0.4, -0.2) is 28.9 Å². The second kappa shape index (κ2) is 7.06. The number of hydrazine groups is 2. The SMILES string of the molecule is CC1(c2ccccc2)NC(=O)N(NC(=O)C2CC(c3ccccc3)NN2)C1=O. The summed E-state index contributed by atoms with van der Waals surface area (Å²) in [5.41, 5.74) is 8.93. The van der Waals surface area contributed by atoms with E-state index in [0.717, 1.165) is 10.6 Å². The Morgan fingerprint density at radius 3 is 2.36 bits per heavy atom. The van der Waals surface area contributed by atoms with Gasteiger partial charge in [-0.05, 0) is 24.5 Å². The zero-order valence-corrected chi connectivity index (χ0v) is 15.3. The number of benzene rings is 2. The molecule has 144 valence electrons. The van der Waals surface area contributed by atoms with Crippen LogP contribution in [0.2, 0.25) is 0 Å². The molecule has 8 nitrogen and oxygen atoms in total. The van der Waals surface area contributed by atoms with Crippen molar-refractivity contribution in [3.63, 3.8) is 0 Å². The minimum atomic E-state index is -1.22. The van der Waals surface area contributed by atoms with Crippen molar-refractivity contribution in [1.29, 1.82) is 0 Å². The van der Waals surface area contributed by atoms with Crippen LogP contribution in [-0.2, 0) is 15.1 Å². The van der Waals surface area contributed by atoms with Crippen LogP contribution in [0, 0.1) is 0 Å². The fourth-order valence-electron chi connectivity index (χ4n) is 3.53. The maximum atomic E-state index is 12.9. The van der Waals surface area contributed by atoms with E-state index in [2.05, 4.69) is 21.6 Å². The van der Waals surface area contributed by atoms with Crippen LogP contribution in [0.15, 0.2) is 60.7 Å². The molecular formula is C20H21N5O3. The minimum Gasteiger partial charge on any atom is -0.318 e. The fourth-order valence-corrected chi connectivity index (χ4v) is 3.53. The van der Waals surface area contributed by atoms with Crippen LogP contribution in [0.5, 0.6) is 0 Å². The second-order valence-corrected chi connectivity index (χ2v) is 7.08. The molecule has 3 unspecified atom stereocenters. The van der Waals surface area contributed by atoms with Gasteiger partial charge in [0.05, 0.1) is 0 Å². The first-order valence-electron chi connectivity index (χ1n) is 9.08. The maximum Gasteiger partial charge on any atom is 0.344 e. The number of hydrogen-bond acceptors (Lipinski definition) is 5. The Morgan fingerprint density at radius 2 is 1.68 bits per heavy atom. The van der Waals surface area contributed by atoms with E-state index in [1.807, 2.05) is 36.4 Å². The Balaban J connectivity index is 1.44. The smallest absolute Gasteiger partial charge is 0.318 e. The predicted molar refractivity (Wildman–Crippen MR) is 101 cm³/mol. The fraction of sp³-hybridized carbons (Fsp3) is 0.250. The average molecular weight is 379 g/mol. The topological polar surface area (TPSA) is 103 Å². The number of rotatable bonds is 4. The minimum absolute atomic E-state index is 0.0327. The molecule has 4 rings (SSSR count). The summed E-state index contributed by atoms with van der Waals surface area (Å²) in [4.78, 5) is 37.8. The number of carbonyl (C=O) groups excluding carboxylic acids is 3. The van der Waals surface area contributed by atoms with E-state index >= 15 is 0 Å². The molecule has 0 saturated carbocycles. The first-order chi connectivity index (χ1) is 13.5. The highest BCUT2D eigenvalue weighted by atomic mass is 16.2.